The topological polar surface area (TPSA) is 43.5 Å². The molecule has 0 aromatic heterocycles. The van der Waals surface area contributed by atoms with Gasteiger partial charge < -0.3 is 18.9 Å². The average molecular weight is 435 g/mol. The molecule has 4 fully saturated rings. The zero-order valence-corrected chi connectivity index (χ0v) is 18.8. The van der Waals surface area contributed by atoms with Crippen LogP contribution in [0.2, 0.25) is 0 Å². The van der Waals surface area contributed by atoms with Gasteiger partial charge in [-0.2, -0.15) is 0 Å². The molecule has 2 aromatic carbocycles. The minimum atomic E-state index is 0.508. The number of hydrogen-bond donors (Lipinski definition) is 0. The predicted octanol–water partition coefficient (Wildman–Crippen LogP) is 5.52. The van der Waals surface area contributed by atoms with E-state index in [1.807, 2.05) is 0 Å². The Morgan fingerprint density at radius 3 is 1.97 bits per heavy atom. The molecule has 0 N–H and O–H groups in total. The van der Waals surface area contributed by atoms with Crippen LogP contribution in [-0.2, 0) is 32.2 Å². The fraction of sp³-hybridized carbons (Fsp3) is 0.571. The van der Waals surface area contributed by atoms with Gasteiger partial charge in [0.1, 0.15) is 0 Å². The van der Waals surface area contributed by atoms with Gasteiger partial charge in [-0.3, -0.25) is 0 Å². The molecule has 0 spiro atoms. The highest BCUT2D eigenvalue weighted by molar-refractivity contribution is 5.68. The molecular weight excluding hydrogens is 400 g/mol. The minimum Gasteiger partial charge on any atom is -0.376 e. The number of ether oxygens (including phenoxy) is 4. The maximum atomic E-state index is 6.32. The van der Waals surface area contributed by atoms with E-state index in [4.69, 9.17) is 18.9 Å². The first-order valence-corrected chi connectivity index (χ1v) is 12.5. The van der Waals surface area contributed by atoms with Crippen LogP contribution in [0.4, 0.5) is 0 Å². The van der Waals surface area contributed by atoms with E-state index in [-0.39, 0.29) is 0 Å². The van der Waals surface area contributed by atoms with E-state index in [9.17, 15) is 0 Å². The Kier molecular flexibility index (Phi) is 6.04. The van der Waals surface area contributed by atoms with Crippen molar-refractivity contribution < 1.29 is 18.9 Å². The van der Waals surface area contributed by atoms with Crippen LogP contribution in [0.3, 0.4) is 0 Å². The Morgan fingerprint density at radius 1 is 0.656 bits per heavy atom. The summed E-state index contributed by atoms with van der Waals surface area (Å²) in [6.07, 6.45) is 9.31. The first-order valence-electron chi connectivity index (χ1n) is 12.5. The number of hydrogen-bond acceptors (Lipinski definition) is 4. The Bertz CT molecular complexity index is 913. The third-order valence-electron chi connectivity index (χ3n) is 7.79. The maximum Gasteiger partial charge on any atom is 0.0845 e. The summed E-state index contributed by atoms with van der Waals surface area (Å²) in [6.45, 7) is 2.93. The molecule has 0 radical (unpaired) electrons. The molecule has 4 heteroatoms. The highest BCUT2D eigenvalue weighted by Gasteiger charge is 2.44. The third-order valence-corrected chi connectivity index (χ3v) is 7.79. The van der Waals surface area contributed by atoms with Gasteiger partial charge in [-0.05, 0) is 72.6 Å². The van der Waals surface area contributed by atoms with E-state index in [0.29, 0.717) is 49.5 Å². The van der Waals surface area contributed by atoms with Crippen LogP contribution in [0.25, 0.3) is 11.1 Å². The first-order chi connectivity index (χ1) is 15.8. The number of epoxide rings is 2. The molecule has 2 aliphatic heterocycles. The molecule has 170 valence electrons. The lowest BCUT2D eigenvalue weighted by Gasteiger charge is -2.22. The summed E-state index contributed by atoms with van der Waals surface area (Å²) in [4.78, 5) is 0. The lowest BCUT2D eigenvalue weighted by molar-refractivity contribution is 0.0660. The highest BCUT2D eigenvalue weighted by Crippen LogP contribution is 2.40. The van der Waals surface area contributed by atoms with Crippen LogP contribution in [0.5, 0.6) is 0 Å². The molecule has 2 aromatic rings. The van der Waals surface area contributed by atoms with Crippen molar-refractivity contribution in [3.63, 3.8) is 0 Å². The molecular formula is C28H34O4. The van der Waals surface area contributed by atoms with Crippen molar-refractivity contribution in [1.29, 1.82) is 0 Å². The number of rotatable bonds is 9. The maximum absolute atomic E-state index is 6.32. The molecule has 6 atom stereocenters. The van der Waals surface area contributed by atoms with E-state index in [1.54, 1.807) is 0 Å². The SMILES string of the molecule is c1ccc(-c2cccc(COCC3CCC4OC4C3)c2COCC2CCC3OC3C2)cc1. The fourth-order valence-corrected chi connectivity index (χ4v) is 5.77. The second-order valence-corrected chi connectivity index (χ2v) is 10.1. The van der Waals surface area contributed by atoms with Crippen molar-refractivity contribution >= 4 is 0 Å². The molecule has 6 unspecified atom stereocenters. The van der Waals surface area contributed by atoms with E-state index in [0.717, 1.165) is 26.1 Å². The van der Waals surface area contributed by atoms with Crippen LogP contribution < -0.4 is 0 Å². The molecule has 32 heavy (non-hydrogen) atoms. The van der Waals surface area contributed by atoms with Gasteiger partial charge in [-0.25, -0.2) is 0 Å². The first kappa shape index (κ1) is 20.9. The summed E-state index contributed by atoms with van der Waals surface area (Å²) in [5, 5.41) is 0. The van der Waals surface area contributed by atoms with E-state index in [2.05, 4.69) is 48.5 Å². The second-order valence-electron chi connectivity index (χ2n) is 10.1. The number of benzene rings is 2. The fourth-order valence-electron chi connectivity index (χ4n) is 5.77. The van der Waals surface area contributed by atoms with Gasteiger partial charge >= 0.3 is 0 Å². The van der Waals surface area contributed by atoms with Crippen LogP contribution in [0.1, 0.15) is 49.7 Å². The van der Waals surface area contributed by atoms with Crippen molar-refractivity contribution in [1.82, 2.24) is 0 Å². The van der Waals surface area contributed by atoms with Crippen molar-refractivity contribution in [2.75, 3.05) is 13.2 Å². The Morgan fingerprint density at radius 2 is 1.31 bits per heavy atom. The zero-order chi connectivity index (χ0) is 21.3. The van der Waals surface area contributed by atoms with Crippen LogP contribution in [0.15, 0.2) is 48.5 Å². The van der Waals surface area contributed by atoms with Crippen molar-refractivity contribution in [3.05, 3.63) is 59.7 Å². The molecule has 4 aliphatic rings. The van der Waals surface area contributed by atoms with Gasteiger partial charge in [0.05, 0.1) is 37.6 Å². The van der Waals surface area contributed by atoms with Crippen LogP contribution >= 0.6 is 0 Å². The normalized spacial score (nSPS) is 32.8. The summed E-state index contributed by atoms with van der Waals surface area (Å²) in [7, 11) is 0. The summed E-state index contributed by atoms with van der Waals surface area (Å²) in [5.74, 6) is 1.26. The Balaban J connectivity index is 1.12. The summed E-state index contributed by atoms with van der Waals surface area (Å²) in [6, 6.07) is 17.2. The van der Waals surface area contributed by atoms with Gasteiger partial charge in [0, 0.05) is 13.2 Å². The minimum absolute atomic E-state index is 0.508. The molecule has 0 amide bonds. The largest absolute Gasteiger partial charge is 0.376 e. The van der Waals surface area contributed by atoms with Gasteiger partial charge in [-0.15, -0.1) is 0 Å². The van der Waals surface area contributed by atoms with E-state index < -0.39 is 0 Å². The van der Waals surface area contributed by atoms with Crippen molar-refractivity contribution in [3.8, 4) is 11.1 Å². The van der Waals surface area contributed by atoms with Crippen molar-refractivity contribution in [2.24, 2.45) is 11.8 Å². The number of fused-ring (bicyclic) bond motifs is 2. The zero-order valence-electron chi connectivity index (χ0n) is 18.8. The van der Waals surface area contributed by atoms with Crippen LogP contribution in [0, 0.1) is 11.8 Å². The summed E-state index contributed by atoms with van der Waals surface area (Å²) in [5.41, 5.74) is 5.01. The van der Waals surface area contributed by atoms with Gasteiger partial charge in [0.2, 0.25) is 0 Å². The molecule has 2 aliphatic carbocycles. The lowest BCUT2D eigenvalue weighted by atomic mass is 9.90. The van der Waals surface area contributed by atoms with E-state index in [1.165, 1.54) is 47.9 Å². The average Bonchev–Trinajstić information content (AvgIpc) is 3.75. The highest BCUT2D eigenvalue weighted by atomic mass is 16.6. The third kappa shape index (κ3) is 4.79. The predicted molar refractivity (Wildman–Crippen MR) is 123 cm³/mol. The quantitative estimate of drug-likeness (QED) is 0.487. The molecule has 2 saturated carbocycles. The molecule has 4 nitrogen and oxygen atoms in total. The molecule has 2 saturated heterocycles. The van der Waals surface area contributed by atoms with Gasteiger partial charge in [-0.1, -0.05) is 48.5 Å². The van der Waals surface area contributed by atoms with Crippen molar-refractivity contribution in [2.45, 2.75) is 76.2 Å². The standard InChI is InChI=1S/C28H34O4/c1-2-5-21(6-3-1)23-8-4-7-22(17-29-15-19-9-11-25-27(13-19)31-25)24(23)18-30-16-20-10-12-26-28(14-20)32-26/h1-8,19-20,25-28H,9-18H2. The smallest absolute Gasteiger partial charge is 0.0845 e. The second kappa shape index (κ2) is 9.26. The van der Waals surface area contributed by atoms with Crippen LogP contribution in [-0.4, -0.2) is 37.6 Å². The van der Waals surface area contributed by atoms with Gasteiger partial charge in [0.15, 0.2) is 0 Å². The molecule has 6 rings (SSSR count). The Labute approximate surface area is 191 Å². The lowest BCUT2D eigenvalue weighted by Crippen LogP contribution is -2.19. The van der Waals surface area contributed by atoms with Gasteiger partial charge in [0.25, 0.3) is 0 Å². The molecule has 0 bridgehead atoms. The Hall–Kier alpha value is -1.72. The molecule has 2 heterocycles. The summed E-state index contributed by atoms with van der Waals surface area (Å²) < 4.78 is 23.9. The van der Waals surface area contributed by atoms with E-state index >= 15 is 0 Å². The summed E-state index contributed by atoms with van der Waals surface area (Å²) >= 11 is 0. The monoisotopic (exact) mass is 434 g/mol.